The fourth-order valence-electron chi connectivity index (χ4n) is 1.80. The van der Waals surface area contributed by atoms with E-state index in [0.717, 1.165) is 19.8 Å². The summed E-state index contributed by atoms with van der Waals surface area (Å²) < 4.78 is 6.14. The molecule has 0 unspecified atom stereocenters. The molecule has 0 amide bonds. The second-order valence-electron chi connectivity index (χ2n) is 4.27. The van der Waals surface area contributed by atoms with Gasteiger partial charge in [-0.05, 0) is 36.8 Å². The Kier molecular flexibility index (Phi) is 3.54. The van der Waals surface area contributed by atoms with Crippen LogP contribution in [0.3, 0.4) is 0 Å². The molecule has 2 heterocycles. The molecule has 1 aliphatic rings. The highest BCUT2D eigenvalue weighted by Gasteiger charge is 2.25. The van der Waals surface area contributed by atoms with E-state index in [0.29, 0.717) is 11.6 Å². The Bertz CT molecular complexity index is 746. The quantitative estimate of drug-likeness (QED) is 0.604. The van der Waals surface area contributed by atoms with Crippen molar-refractivity contribution in [2.24, 2.45) is 4.99 Å². The van der Waals surface area contributed by atoms with Gasteiger partial charge in [0.2, 0.25) is 5.90 Å². The highest BCUT2D eigenvalue weighted by Crippen LogP contribution is 2.25. The van der Waals surface area contributed by atoms with Gasteiger partial charge in [-0.15, -0.1) is 11.3 Å². The Hall–Kier alpha value is -1.72. The summed E-state index contributed by atoms with van der Waals surface area (Å²) in [6.07, 6.45) is 1.72. The molecular weight excluding hydrogens is 338 g/mol. The normalized spacial score (nSPS) is 16.4. The number of rotatable bonds is 2. The van der Waals surface area contributed by atoms with Crippen molar-refractivity contribution in [3.05, 3.63) is 61.9 Å². The molecule has 1 aromatic heterocycles. The van der Waals surface area contributed by atoms with Gasteiger partial charge in [-0.2, -0.15) is 0 Å². The molecule has 3 nitrogen and oxygen atoms in total. The molecule has 2 aromatic rings. The van der Waals surface area contributed by atoms with Gasteiger partial charge in [-0.25, -0.2) is 9.79 Å². The predicted octanol–water partition coefficient (Wildman–Crippen LogP) is 4.16. The SMILES string of the molecule is Cc1ccc(C2=N/C(=C\c3ccccc3Br)C(=O)O2)s1. The summed E-state index contributed by atoms with van der Waals surface area (Å²) >= 11 is 5.00. The molecule has 0 saturated heterocycles. The Morgan fingerprint density at radius 2 is 2.05 bits per heavy atom. The van der Waals surface area contributed by atoms with Crippen LogP contribution in [0.4, 0.5) is 0 Å². The fraction of sp³-hybridized carbons (Fsp3) is 0.0667. The number of ether oxygens (including phenoxy) is 1. The summed E-state index contributed by atoms with van der Waals surface area (Å²) in [6.45, 7) is 2.00. The molecule has 0 aliphatic carbocycles. The van der Waals surface area contributed by atoms with Gasteiger partial charge >= 0.3 is 5.97 Å². The van der Waals surface area contributed by atoms with Gasteiger partial charge in [-0.1, -0.05) is 34.1 Å². The van der Waals surface area contributed by atoms with Crippen molar-refractivity contribution in [2.75, 3.05) is 0 Å². The molecule has 0 spiro atoms. The molecule has 3 rings (SSSR count). The first-order valence-corrected chi connectivity index (χ1v) is 7.58. The van der Waals surface area contributed by atoms with Gasteiger partial charge in [-0.3, -0.25) is 0 Å². The zero-order valence-electron chi connectivity index (χ0n) is 10.6. The van der Waals surface area contributed by atoms with Crippen LogP contribution in [0.2, 0.25) is 0 Å². The number of thiophene rings is 1. The van der Waals surface area contributed by atoms with Crippen LogP contribution in [-0.4, -0.2) is 11.9 Å². The van der Waals surface area contributed by atoms with Crippen molar-refractivity contribution in [3.63, 3.8) is 0 Å². The van der Waals surface area contributed by atoms with E-state index in [4.69, 9.17) is 4.74 Å². The molecule has 20 heavy (non-hydrogen) atoms. The number of aryl methyl sites for hydroxylation is 1. The van der Waals surface area contributed by atoms with E-state index < -0.39 is 5.97 Å². The van der Waals surface area contributed by atoms with E-state index in [2.05, 4.69) is 20.9 Å². The predicted molar refractivity (Wildman–Crippen MR) is 83.8 cm³/mol. The van der Waals surface area contributed by atoms with Crippen LogP contribution >= 0.6 is 27.3 Å². The third-order valence-corrected chi connectivity index (χ3v) is 4.48. The lowest BCUT2D eigenvalue weighted by molar-refractivity contribution is -0.129. The molecule has 0 fully saturated rings. The number of aliphatic imine (C=N–C) groups is 1. The van der Waals surface area contributed by atoms with Crippen LogP contribution in [-0.2, 0) is 9.53 Å². The Morgan fingerprint density at radius 3 is 2.75 bits per heavy atom. The zero-order chi connectivity index (χ0) is 14.1. The molecule has 100 valence electrons. The van der Waals surface area contributed by atoms with Crippen LogP contribution in [0.1, 0.15) is 15.3 Å². The summed E-state index contributed by atoms with van der Waals surface area (Å²) in [5.74, 6) is -0.0341. The maximum absolute atomic E-state index is 11.9. The number of esters is 1. The monoisotopic (exact) mass is 347 g/mol. The topological polar surface area (TPSA) is 38.7 Å². The van der Waals surface area contributed by atoms with Crippen LogP contribution < -0.4 is 0 Å². The lowest BCUT2D eigenvalue weighted by Gasteiger charge is -1.96. The Balaban J connectivity index is 1.97. The van der Waals surface area contributed by atoms with Crippen LogP contribution in [0.25, 0.3) is 6.08 Å². The smallest absolute Gasteiger partial charge is 0.363 e. The maximum atomic E-state index is 11.9. The average Bonchev–Trinajstić information content (AvgIpc) is 2.99. The van der Waals surface area contributed by atoms with E-state index in [1.807, 2.05) is 43.3 Å². The van der Waals surface area contributed by atoms with Crippen molar-refractivity contribution < 1.29 is 9.53 Å². The summed E-state index contributed by atoms with van der Waals surface area (Å²) in [7, 11) is 0. The summed E-state index contributed by atoms with van der Waals surface area (Å²) in [6, 6.07) is 11.5. The highest BCUT2D eigenvalue weighted by atomic mass is 79.9. The number of benzene rings is 1. The maximum Gasteiger partial charge on any atom is 0.363 e. The second kappa shape index (κ2) is 5.34. The van der Waals surface area contributed by atoms with E-state index in [9.17, 15) is 4.79 Å². The van der Waals surface area contributed by atoms with Crippen LogP contribution in [0.5, 0.6) is 0 Å². The molecule has 1 aromatic carbocycles. The van der Waals surface area contributed by atoms with Crippen LogP contribution in [0.15, 0.2) is 51.6 Å². The minimum Gasteiger partial charge on any atom is -0.401 e. The summed E-state index contributed by atoms with van der Waals surface area (Å²) in [5.41, 5.74) is 1.21. The molecular formula is C15H10BrNO2S. The lowest BCUT2D eigenvalue weighted by atomic mass is 10.2. The first-order chi connectivity index (χ1) is 9.63. The number of halogens is 1. The van der Waals surface area contributed by atoms with Crippen molar-refractivity contribution in [1.82, 2.24) is 0 Å². The van der Waals surface area contributed by atoms with Crippen molar-refractivity contribution in [2.45, 2.75) is 6.92 Å². The van der Waals surface area contributed by atoms with Gasteiger partial charge in [0.15, 0.2) is 5.70 Å². The van der Waals surface area contributed by atoms with E-state index in [1.165, 1.54) is 0 Å². The summed E-state index contributed by atoms with van der Waals surface area (Å²) in [5, 5.41) is 0. The van der Waals surface area contributed by atoms with E-state index in [-0.39, 0.29) is 0 Å². The number of hydrogen-bond acceptors (Lipinski definition) is 4. The lowest BCUT2D eigenvalue weighted by Crippen LogP contribution is -2.03. The van der Waals surface area contributed by atoms with E-state index >= 15 is 0 Å². The molecule has 5 heteroatoms. The number of carbonyl (C=O) groups is 1. The second-order valence-corrected chi connectivity index (χ2v) is 6.41. The molecule has 1 aliphatic heterocycles. The third kappa shape index (κ3) is 2.59. The van der Waals surface area contributed by atoms with Gasteiger partial charge in [0, 0.05) is 9.35 Å². The Labute approximate surface area is 128 Å². The first-order valence-electron chi connectivity index (χ1n) is 5.97. The van der Waals surface area contributed by atoms with Gasteiger partial charge < -0.3 is 4.74 Å². The van der Waals surface area contributed by atoms with Crippen LogP contribution in [0, 0.1) is 6.92 Å². The first kappa shape index (κ1) is 13.3. The number of carbonyl (C=O) groups excluding carboxylic acids is 1. The fourth-order valence-corrected chi connectivity index (χ4v) is 3.00. The number of nitrogens with zero attached hydrogens (tertiary/aromatic N) is 1. The Morgan fingerprint density at radius 1 is 1.25 bits per heavy atom. The molecule has 0 N–H and O–H groups in total. The highest BCUT2D eigenvalue weighted by molar-refractivity contribution is 9.10. The number of cyclic esters (lactones) is 1. The largest absolute Gasteiger partial charge is 0.401 e. The minimum absolute atomic E-state index is 0.318. The number of hydrogen-bond donors (Lipinski definition) is 0. The van der Waals surface area contributed by atoms with Crippen molar-refractivity contribution in [1.29, 1.82) is 0 Å². The van der Waals surface area contributed by atoms with Crippen molar-refractivity contribution >= 4 is 45.2 Å². The van der Waals surface area contributed by atoms with Gasteiger partial charge in [0.1, 0.15) is 0 Å². The molecule has 0 atom stereocenters. The van der Waals surface area contributed by atoms with E-state index in [1.54, 1.807) is 17.4 Å². The van der Waals surface area contributed by atoms with Crippen molar-refractivity contribution in [3.8, 4) is 0 Å². The standard InChI is InChI=1S/C15H10BrNO2S/c1-9-6-7-13(20-9)14-17-12(15(18)19-14)8-10-4-2-3-5-11(10)16/h2-8H,1H3/b12-8-. The molecule has 0 radical (unpaired) electrons. The third-order valence-electron chi connectivity index (χ3n) is 2.77. The zero-order valence-corrected chi connectivity index (χ0v) is 13.0. The molecule has 0 saturated carbocycles. The summed E-state index contributed by atoms with van der Waals surface area (Å²) in [4.78, 5) is 18.2. The molecule has 0 bridgehead atoms. The minimum atomic E-state index is -0.415. The van der Waals surface area contributed by atoms with Gasteiger partial charge in [0.25, 0.3) is 0 Å². The average molecular weight is 348 g/mol. The van der Waals surface area contributed by atoms with Gasteiger partial charge in [0.05, 0.1) is 4.88 Å².